The first-order chi connectivity index (χ1) is 19.5. The molecule has 41 heavy (non-hydrogen) atoms. The van der Waals surface area contributed by atoms with E-state index in [9.17, 15) is 22.5 Å². The first-order valence-electron chi connectivity index (χ1n) is 12.4. The minimum atomic E-state index is -4.44. The zero-order valence-electron chi connectivity index (χ0n) is 22.0. The van der Waals surface area contributed by atoms with Gasteiger partial charge in [0.2, 0.25) is 5.85 Å². The molecule has 0 aliphatic heterocycles. The monoisotopic (exact) mass is 586 g/mol. The van der Waals surface area contributed by atoms with E-state index in [-0.39, 0.29) is 17.2 Å². The Balaban J connectivity index is 1.37. The predicted molar refractivity (Wildman–Crippen MR) is 145 cm³/mol. The lowest BCUT2D eigenvalue weighted by atomic mass is 10.2. The van der Waals surface area contributed by atoms with Gasteiger partial charge in [0.1, 0.15) is 28.7 Å². The lowest BCUT2D eigenvalue weighted by Crippen LogP contribution is -2.30. The zero-order chi connectivity index (χ0) is 29.5. The van der Waals surface area contributed by atoms with Crippen molar-refractivity contribution in [2.75, 3.05) is 0 Å². The first-order valence-corrected chi connectivity index (χ1v) is 14.0. The molecule has 0 aliphatic rings. The molecule has 214 valence electrons. The van der Waals surface area contributed by atoms with Gasteiger partial charge in [-0.25, -0.2) is 9.36 Å². The van der Waals surface area contributed by atoms with Crippen LogP contribution in [0, 0.1) is 0 Å². The van der Waals surface area contributed by atoms with E-state index < -0.39 is 37.3 Å². The summed E-state index contributed by atoms with van der Waals surface area (Å²) in [5, 5.41) is 0. The van der Waals surface area contributed by atoms with Gasteiger partial charge in [-0.2, -0.15) is 13.2 Å². The topological polar surface area (TPSA) is 80.3 Å². The Kier molecular flexibility index (Phi) is 9.24. The van der Waals surface area contributed by atoms with E-state index in [1.807, 2.05) is 0 Å². The Bertz CT molecular complexity index is 1420. The van der Waals surface area contributed by atoms with E-state index in [1.165, 1.54) is 50.2 Å². The fourth-order valence-corrected chi connectivity index (χ4v) is 4.84. The Hall–Kier alpha value is -4.43. The van der Waals surface area contributed by atoms with E-state index >= 15 is 0 Å². The number of rotatable bonds is 11. The number of halogens is 3. The van der Waals surface area contributed by atoms with Crippen LogP contribution in [0.3, 0.4) is 0 Å². The largest absolute Gasteiger partial charge is 0.479 e. The summed E-state index contributed by atoms with van der Waals surface area (Å²) in [6, 6.07) is 27.2. The molecule has 0 spiro atoms. The van der Waals surface area contributed by atoms with Crippen LogP contribution in [0.15, 0.2) is 109 Å². The second kappa shape index (κ2) is 12.8. The molecule has 0 saturated heterocycles. The summed E-state index contributed by atoms with van der Waals surface area (Å²) in [6.07, 6.45) is -5.53. The second-order valence-corrected chi connectivity index (χ2v) is 10.9. The normalized spacial score (nSPS) is 13.0. The summed E-state index contributed by atoms with van der Waals surface area (Å²) in [5.74, 6) is -0.686. The van der Waals surface area contributed by atoms with Crippen molar-refractivity contribution in [2.45, 2.75) is 32.0 Å². The first kappa shape index (κ1) is 29.6. The van der Waals surface area contributed by atoms with Gasteiger partial charge in [0.25, 0.3) is 0 Å². The van der Waals surface area contributed by atoms with Crippen molar-refractivity contribution < 1.29 is 45.8 Å². The molecule has 4 aromatic carbocycles. The molecule has 0 amide bonds. The van der Waals surface area contributed by atoms with E-state index in [0.29, 0.717) is 11.5 Å². The van der Waals surface area contributed by atoms with Crippen LogP contribution in [0.4, 0.5) is 13.2 Å². The number of esters is 1. The molecule has 0 bridgehead atoms. The van der Waals surface area contributed by atoms with Gasteiger partial charge >= 0.3 is 19.7 Å². The number of carbonyl (C=O) groups excluding carboxylic acids is 1. The Labute approximate surface area is 234 Å². The molecule has 11 heteroatoms. The van der Waals surface area contributed by atoms with Crippen LogP contribution in [0.5, 0.6) is 28.7 Å². The average Bonchev–Trinajstić information content (AvgIpc) is 2.95. The Morgan fingerprint density at radius 1 is 0.659 bits per heavy atom. The highest BCUT2D eigenvalue weighted by molar-refractivity contribution is 7.55. The maximum Gasteiger partial charge on any atom is 0.470 e. The molecule has 0 aromatic heterocycles. The van der Waals surface area contributed by atoms with Gasteiger partial charge in [0, 0.05) is 0 Å². The molecule has 0 N–H and O–H groups in total. The molecular weight excluding hydrogens is 560 g/mol. The van der Waals surface area contributed by atoms with Gasteiger partial charge in [-0.3, -0.25) is 0 Å². The predicted octanol–water partition coefficient (Wildman–Crippen LogP) is 8.51. The van der Waals surface area contributed by atoms with Crippen LogP contribution in [0.2, 0.25) is 0 Å². The van der Waals surface area contributed by atoms with Crippen LogP contribution in [0.1, 0.15) is 19.4 Å². The highest BCUT2D eigenvalue weighted by Gasteiger charge is 2.40. The van der Waals surface area contributed by atoms with Crippen LogP contribution in [0.25, 0.3) is 0 Å². The van der Waals surface area contributed by atoms with Gasteiger partial charge in [0.15, 0.2) is 6.10 Å². The van der Waals surface area contributed by atoms with Crippen LogP contribution in [-0.2, 0) is 20.3 Å². The minimum Gasteiger partial charge on any atom is -0.479 e. The third-order valence-corrected chi connectivity index (χ3v) is 7.50. The number of benzene rings is 4. The smallest absolute Gasteiger partial charge is 0.470 e. The molecule has 2 atom stereocenters. The fraction of sp³-hybridized carbons (Fsp3) is 0.167. The van der Waals surface area contributed by atoms with Gasteiger partial charge in [-0.15, -0.1) is 0 Å². The van der Waals surface area contributed by atoms with Crippen LogP contribution >= 0.6 is 7.60 Å². The summed E-state index contributed by atoms with van der Waals surface area (Å²) in [5.41, 5.74) is -0.779. The lowest BCUT2D eigenvalue weighted by molar-refractivity contribution is -0.153. The third-order valence-electron chi connectivity index (χ3n) is 5.57. The van der Waals surface area contributed by atoms with Gasteiger partial charge in [-0.1, -0.05) is 36.4 Å². The number of hydrogen-bond donors (Lipinski definition) is 0. The molecule has 0 aliphatic carbocycles. The summed E-state index contributed by atoms with van der Waals surface area (Å²) < 4.78 is 80.1. The highest BCUT2D eigenvalue weighted by Crippen LogP contribution is 2.53. The summed E-state index contributed by atoms with van der Waals surface area (Å²) in [6.45, 7) is 2.87. The van der Waals surface area contributed by atoms with Crippen molar-refractivity contribution in [3.63, 3.8) is 0 Å². The van der Waals surface area contributed by atoms with E-state index in [0.717, 1.165) is 12.1 Å². The molecular formula is C30H26F3O7P. The van der Waals surface area contributed by atoms with Crippen LogP contribution < -0.4 is 18.5 Å². The maximum atomic E-state index is 13.8. The van der Waals surface area contributed by atoms with Crippen molar-refractivity contribution in [3.8, 4) is 28.7 Å². The number of para-hydroxylation sites is 2. The molecule has 7 nitrogen and oxygen atoms in total. The molecule has 0 fully saturated rings. The second-order valence-electron chi connectivity index (χ2n) is 8.74. The van der Waals surface area contributed by atoms with Crippen molar-refractivity contribution in [2.24, 2.45) is 0 Å². The minimum absolute atomic E-state index is 0.220. The quantitative estimate of drug-likeness (QED) is 0.129. The molecule has 4 aromatic rings. The summed E-state index contributed by atoms with van der Waals surface area (Å²) in [4.78, 5) is 12.8. The SMILES string of the molecule is CC(OC(=O)[C@@H](C)Oc1ccc(Oc2ccc(C(F)(F)F)cc2)cc1)P(=O)(Oc1ccccc1)Oc1ccccc1. The molecule has 0 radical (unpaired) electrons. The van der Waals surface area contributed by atoms with Crippen molar-refractivity contribution >= 4 is 13.6 Å². The summed E-state index contributed by atoms with van der Waals surface area (Å²) >= 11 is 0. The van der Waals surface area contributed by atoms with Crippen molar-refractivity contribution in [1.29, 1.82) is 0 Å². The van der Waals surface area contributed by atoms with Crippen molar-refractivity contribution in [3.05, 3.63) is 115 Å². The van der Waals surface area contributed by atoms with Gasteiger partial charge < -0.3 is 23.3 Å². The zero-order valence-corrected chi connectivity index (χ0v) is 22.9. The number of carbonyl (C=O) groups is 1. The fourth-order valence-electron chi connectivity index (χ4n) is 3.44. The summed E-state index contributed by atoms with van der Waals surface area (Å²) in [7, 11) is -4.06. The van der Waals surface area contributed by atoms with E-state index in [4.69, 9.17) is 23.3 Å². The highest BCUT2D eigenvalue weighted by atomic mass is 31.2. The van der Waals surface area contributed by atoms with Crippen LogP contribution in [-0.4, -0.2) is 17.9 Å². The third kappa shape index (κ3) is 8.28. The standard InChI is InChI=1S/C30H26F3O7P/c1-21(36-24-17-19-26(20-18-24)38-25-15-13-23(14-16-25)30(31,32)33)29(34)37-22(2)41(35,39-27-9-5-3-6-10-27)40-28-11-7-4-8-12-28/h3-22H,1-2H3/t21-,22?/m1/s1. The van der Waals surface area contributed by atoms with E-state index in [1.54, 1.807) is 60.7 Å². The number of hydrogen-bond acceptors (Lipinski definition) is 7. The molecule has 0 heterocycles. The van der Waals surface area contributed by atoms with E-state index in [2.05, 4.69) is 0 Å². The van der Waals surface area contributed by atoms with Gasteiger partial charge in [0.05, 0.1) is 5.56 Å². The molecule has 0 saturated carbocycles. The molecule has 1 unspecified atom stereocenters. The Morgan fingerprint density at radius 3 is 1.56 bits per heavy atom. The Morgan fingerprint density at radius 2 is 1.10 bits per heavy atom. The van der Waals surface area contributed by atoms with Crippen molar-refractivity contribution in [1.82, 2.24) is 0 Å². The number of alkyl halides is 3. The lowest BCUT2D eigenvalue weighted by Gasteiger charge is -2.26. The molecule has 4 rings (SSSR count). The van der Waals surface area contributed by atoms with Gasteiger partial charge in [-0.05, 0) is 86.6 Å². The number of ether oxygens (including phenoxy) is 3. The maximum absolute atomic E-state index is 13.8. The average molecular weight is 586 g/mol.